The monoisotopic (exact) mass is 318 g/mol. The number of rotatable bonds is 2. The van der Waals surface area contributed by atoms with E-state index in [-0.39, 0.29) is 17.3 Å². The summed E-state index contributed by atoms with van der Waals surface area (Å²) in [6.07, 6.45) is 1.18. The van der Waals surface area contributed by atoms with Crippen molar-refractivity contribution in [1.82, 2.24) is 0 Å². The van der Waals surface area contributed by atoms with Gasteiger partial charge in [-0.3, -0.25) is 9.59 Å². The number of ketones is 2. The smallest absolute Gasteiger partial charge is 0.229 e. The molecule has 0 heterocycles. The van der Waals surface area contributed by atoms with Crippen LogP contribution in [0.15, 0.2) is 72.5 Å². The highest BCUT2D eigenvalue weighted by Crippen LogP contribution is 2.28. The van der Waals surface area contributed by atoms with Crippen molar-refractivity contribution in [3.8, 4) is 5.75 Å². The largest absolute Gasteiger partial charge is 0.453 e. The third-order valence-corrected chi connectivity index (χ3v) is 3.92. The molecule has 0 atom stereocenters. The third kappa shape index (κ3) is 2.38. The number of carbonyl (C=O) groups excluding carboxylic acids is 2. The second kappa shape index (κ2) is 5.42. The number of carbonyl (C=O) groups is 2. The summed E-state index contributed by atoms with van der Waals surface area (Å²) in [7, 11) is 0. The van der Waals surface area contributed by atoms with Gasteiger partial charge in [-0.05, 0) is 47.2 Å². The topological polar surface area (TPSA) is 43.4 Å². The fourth-order valence-electron chi connectivity index (χ4n) is 2.73. The summed E-state index contributed by atoms with van der Waals surface area (Å²) in [4.78, 5) is 25.0. The van der Waals surface area contributed by atoms with Crippen molar-refractivity contribution in [2.75, 3.05) is 0 Å². The maximum atomic E-state index is 13.0. The minimum atomic E-state index is -0.404. The molecular weight excluding hydrogens is 307 g/mol. The lowest BCUT2D eigenvalue weighted by Crippen LogP contribution is -2.20. The summed E-state index contributed by atoms with van der Waals surface area (Å²) in [6.45, 7) is 0. The molecule has 116 valence electrons. The van der Waals surface area contributed by atoms with E-state index >= 15 is 0 Å². The molecule has 1 aliphatic carbocycles. The van der Waals surface area contributed by atoms with Gasteiger partial charge in [-0.15, -0.1) is 0 Å². The molecule has 1 aliphatic rings. The van der Waals surface area contributed by atoms with E-state index in [2.05, 4.69) is 0 Å². The molecule has 4 heteroatoms. The van der Waals surface area contributed by atoms with E-state index in [9.17, 15) is 14.0 Å². The van der Waals surface area contributed by atoms with E-state index < -0.39 is 5.82 Å². The number of halogens is 1. The maximum absolute atomic E-state index is 13.0. The first kappa shape index (κ1) is 14.3. The Kier molecular flexibility index (Phi) is 3.24. The van der Waals surface area contributed by atoms with Gasteiger partial charge in [-0.2, -0.15) is 0 Å². The van der Waals surface area contributed by atoms with Gasteiger partial charge in [0, 0.05) is 17.2 Å². The van der Waals surface area contributed by atoms with Crippen LogP contribution in [0, 0.1) is 5.82 Å². The molecule has 24 heavy (non-hydrogen) atoms. The van der Waals surface area contributed by atoms with Crippen LogP contribution in [0.5, 0.6) is 5.75 Å². The van der Waals surface area contributed by atoms with Crippen LogP contribution < -0.4 is 4.74 Å². The molecule has 0 aromatic heterocycles. The fourth-order valence-corrected chi connectivity index (χ4v) is 2.73. The third-order valence-electron chi connectivity index (χ3n) is 3.92. The van der Waals surface area contributed by atoms with Crippen LogP contribution in [0.3, 0.4) is 0 Å². The summed E-state index contributed by atoms with van der Waals surface area (Å²) in [6, 6.07) is 16.2. The van der Waals surface area contributed by atoms with Gasteiger partial charge < -0.3 is 4.74 Å². The predicted molar refractivity (Wildman–Crippen MR) is 87.7 cm³/mol. The highest BCUT2D eigenvalue weighted by atomic mass is 19.1. The Hall–Kier alpha value is -3.27. The van der Waals surface area contributed by atoms with Gasteiger partial charge in [0.05, 0.1) is 0 Å². The average molecular weight is 318 g/mol. The zero-order valence-electron chi connectivity index (χ0n) is 12.5. The first-order valence-corrected chi connectivity index (χ1v) is 7.39. The van der Waals surface area contributed by atoms with Gasteiger partial charge in [0.15, 0.2) is 11.5 Å². The van der Waals surface area contributed by atoms with Crippen LogP contribution in [-0.4, -0.2) is 11.6 Å². The molecule has 3 nitrogen and oxygen atoms in total. The quantitative estimate of drug-likeness (QED) is 0.707. The number of allylic oxidation sites excluding steroid dienone is 2. The van der Waals surface area contributed by atoms with Crippen molar-refractivity contribution in [2.45, 2.75) is 0 Å². The van der Waals surface area contributed by atoms with E-state index in [1.165, 1.54) is 30.3 Å². The molecule has 0 spiro atoms. The standard InChI is InChI=1S/C20H11FO3/c21-14-5-7-15(8-6-14)24-19-11-18(22)16-9-12-3-1-2-4-13(12)10-17(16)20(19)23/h1-11H. The lowest BCUT2D eigenvalue weighted by molar-refractivity contribution is 0.0947. The second-order valence-corrected chi connectivity index (χ2v) is 5.50. The predicted octanol–water partition coefficient (Wildman–Crippen LogP) is 4.32. The Balaban J connectivity index is 1.76. The van der Waals surface area contributed by atoms with Crippen molar-refractivity contribution in [3.63, 3.8) is 0 Å². The SMILES string of the molecule is O=C1C=C(Oc2ccc(F)cc2)C(=O)c2cc3ccccc3cc21. The van der Waals surface area contributed by atoms with E-state index in [1.54, 1.807) is 12.1 Å². The van der Waals surface area contributed by atoms with Crippen molar-refractivity contribution >= 4 is 22.3 Å². The molecule has 0 unspecified atom stereocenters. The first-order valence-electron chi connectivity index (χ1n) is 7.39. The number of hydrogen-bond donors (Lipinski definition) is 0. The van der Waals surface area contributed by atoms with Crippen LogP contribution in [0.25, 0.3) is 10.8 Å². The highest BCUT2D eigenvalue weighted by molar-refractivity contribution is 6.25. The molecule has 0 amide bonds. The van der Waals surface area contributed by atoms with Gasteiger partial charge in [0.2, 0.25) is 5.78 Å². The lowest BCUT2D eigenvalue weighted by Gasteiger charge is -2.16. The molecule has 0 bridgehead atoms. The molecule has 0 saturated carbocycles. The van der Waals surface area contributed by atoms with Gasteiger partial charge in [-0.1, -0.05) is 24.3 Å². The Bertz CT molecular complexity index is 1020. The second-order valence-electron chi connectivity index (χ2n) is 5.50. The Labute approximate surface area is 137 Å². The molecule has 0 N–H and O–H groups in total. The molecule has 0 aliphatic heterocycles. The fraction of sp³-hybridized carbons (Fsp3) is 0. The van der Waals surface area contributed by atoms with Crippen LogP contribution in [0.1, 0.15) is 20.7 Å². The first-order chi connectivity index (χ1) is 11.6. The van der Waals surface area contributed by atoms with E-state index in [4.69, 9.17) is 4.74 Å². The molecule has 4 rings (SSSR count). The maximum Gasteiger partial charge on any atom is 0.229 e. The van der Waals surface area contributed by atoms with Crippen LogP contribution >= 0.6 is 0 Å². The lowest BCUT2D eigenvalue weighted by atomic mass is 9.90. The van der Waals surface area contributed by atoms with Crippen molar-refractivity contribution in [3.05, 3.63) is 89.4 Å². The highest BCUT2D eigenvalue weighted by Gasteiger charge is 2.27. The summed E-state index contributed by atoms with van der Waals surface area (Å²) >= 11 is 0. The normalized spacial score (nSPS) is 13.6. The number of benzene rings is 3. The molecule has 3 aromatic carbocycles. The number of ether oxygens (including phenoxy) is 1. The molecule has 0 saturated heterocycles. The summed E-state index contributed by atoms with van der Waals surface area (Å²) in [5.74, 6) is -0.811. The van der Waals surface area contributed by atoms with Gasteiger partial charge in [0.1, 0.15) is 11.6 Å². The minimum Gasteiger partial charge on any atom is -0.453 e. The Morgan fingerprint density at radius 1 is 0.792 bits per heavy atom. The molecule has 0 fully saturated rings. The Morgan fingerprint density at radius 2 is 1.42 bits per heavy atom. The van der Waals surface area contributed by atoms with E-state index in [0.717, 1.165) is 10.8 Å². The molecule has 0 radical (unpaired) electrons. The van der Waals surface area contributed by atoms with Gasteiger partial charge in [-0.25, -0.2) is 4.39 Å². The summed E-state index contributed by atoms with van der Waals surface area (Å²) in [5, 5.41) is 1.77. The number of Topliss-reactive ketones (excluding diaryl/α,β-unsaturated/α-hetero) is 1. The molecule has 3 aromatic rings. The van der Waals surface area contributed by atoms with Crippen molar-refractivity contribution in [1.29, 1.82) is 0 Å². The van der Waals surface area contributed by atoms with Gasteiger partial charge in [0.25, 0.3) is 0 Å². The average Bonchev–Trinajstić information content (AvgIpc) is 2.60. The zero-order chi connectivity index (χ0) is 16.7. The van der Waals surface area contributed by atoms with Gasteiger partial charge >= 0.3 is 0 Å². The number of fused-ring (bicyclic) bond motifs is 2. The molecular formula is C20H11FO3. The van der Waals surface area contributed by atoms with Crippen molar-refractivity contribution in [2.24, 2.45) is 0 Å². The number of hydrogen-bond acceptors (Lipinski definition) is 3. The van der Waals surface area contributed by atoms with Crippen LogP contribution in [-0.2, 0) is 0 Å². The zero-order valence-corrected chi connectivity index (χ0v) is 12.5. The van der Waals surface area contributed by atoms with Crippen molar-refractivity contribution < 1.29 is 18.7 Å². The van der Waals surface area contributed by atoms with E-state index in [1.807, 2.05) is 24.3 Å². The van der Waals surface area contributed by atoms with Crippen LogP contribution in [0.2, 0.25) is 0 Å². The summed E-state index contributed by atoms with van der Waals surface area (Å²) in [5.41, 5.74) is 0.684. The summed E-state index contributed by atoms with van der Waals surface area (Å²) < 4.78 is 18.4. The Morgan fingerprint density at radius 3 is 2.08 bits per heavy atom. The minimum absolute atomic E-state index is 0.0608. The van der Waals surface area contributed by atoms with E-state index in [0.29, 0.717) is 16.9 Å². The van der Waals surface area contributed by atoms with Crippen LogP contribution in [0.4, 0.5) is 4.39 Å².